The van der Waals surface area contributed by atoms with Gasteiger partial charge in [0.05, 0.1) is 0 Å². The molecular weight excluding hydrogens is 288 g/mol. The summed E-state index contributed by atoms with van der Waals surface area (Å²) in [5, 5.41) is 14.5. The molecule has 0 bridgehead atoms. The molecule has 3 N–H and O–H groups in total. The summed E-state index contributed by atoms with van der Waals surface area (Å²) in [5.41, 5.74) is 5.15. The van der Waals surface area contributed by atoms with Crippen LogP contribution in [0, 0.1) is 6.92 Å². The fourth-order valence-electron chi connectivity index (χ4n) is 2.56. The Morgan fingerprint density at radius 2 is 1.78 bits per heavy atom. The summed E-state index contributed by atoms with van der Waals surface area (Å²) in [6.07, 6.45) is 0. The molecule has 1 amide bonds. The molecule has 4 heteroatoms. The Morgan fingerprint density at radius 1 is 1.00 bits per heavy atom. The number of nitrogens with one attached hydrogen (secondary N) is 2. The Morgan fingerprint density at radius 3 is 2.57 bits per heavy atom. The predicted octanol–water partition coefficient (Wildman–Crippen LogP) is 3.88. The average Bonchev–Trinajstić information content (AvgIpc) is 2.60. The molecule has 0 aromatic heterocycles. The summed E-state index contributed by atoms with van der Waals surface area (Å²) >= 11 is 0. The van der Waals surface area contributed by atoms with Gasteiger partial charge in [-0.2, -0.15) is 0 Å². The van der Waals surface area contributed by atoms with E-state index < -0.39 is 5.91 Å². The van der Waals surface area contributed by atoms with Crippen molar-refractivity contribution in [3.05, 3.63) is 77.4 Å². The molecule has 0 atom stereocenters. The first-order valence-corrected chi connectivity index (χ1v) is 7.44. The van der Waals surface area contributed by atoms with Crippen LogP contribution in [0.1, 0.15) is 21.5 Å². The van der Waals surface area contributed by atoms with E-state index in [1.807, 2.05) is 25.1 Å². The zero-order valence-corrected chi connectivity index (χ0v) is 12.8. The van der Waals surface area contributed by atoms with Gasteiger partial charge in [-0.3, -0.25) is 10.0 Å². The van der Waals surface area contributed by atoms with Crippen molar-refractivity contribution < 1.29 is 10.0 Å². The van der Waals surface area contributed by atoms with Gasteiger partial charge in [0.2, 0.25) is 0 Å². The second-order valence-electron chi connectivity index (χ2n) is 5.51. The van der Waals surface area contributed by atoms with E-state index in [1.54, 1.807) is 17.6 Å². The summed E-state index contributed by atoms with van der Waals surface area (Å²) in [7, 11) is 0. The number of rotatable bonds is 4. The molecule has 0 spiro atoms. The van der Waals surface area contributed by atoms with Gasteiger partial charge in [0.25, 0.3) is 5.91 Å². The Balaban J connectivity index is 1.80. The second-order valence-corrected chi connectivity index (χ2v) is 5.51. The van der Waals surface area contributed by atoms with Crippen LogP contribution in [0.15, 0.2) is 60.7 Å². The maximum Gasteiger partial charge on any atom is 0.274 e. The lowest BCUT2D eigenvalue weighted by Crippen LogP contribution is -2.18. The molecule has 23 heavy (non-hydrogen) atoms. The van der Waals surface area contributed by atoms with Crippen molar-refractivity contribution in [1.29, 1.82) is 0 Å². The van der Waals surface area contributed by atoms with E-state index in [4.69, 9.17) is 5.21 Å². The molecule has 0 fully saturated rings. The highest BCUT2D eigenvalue weighted by Gasteiger charge is 2.07. The fourth-order valence-corrected chi connectivity index (χ4v) is 2.56. The molecule has 3 rings (SSSR count). The van der Waals surface area contributed by atoms with Gasteiger partial charge < -0.3 is 5.32 Å². The fraction of sp³-hybridized carbons (Fsp3) is 0.105. The van der Waals surface area contributed by atoms with Crippen LogP contribution in [0.2, 0.25) is 0 Å². The first kappa shape index (κ1) is 15.1. The van der Waals surface area contributed by atoms with Gasteiger partial charge in [-0.15, -0.1) is 0 Å². The summed E-state index contributed by atoms with van der Waals surface area (Å²) < 4.78 is 0. The van der Waals surface area contributed by atoms with E-state index in [-0.39, 0.29) is 0 Å². The predicted molar refractivity (Wildman–Crippen MR) is 91.7 cm³/mol. The van der Waals surface area contributed by atoms with E-state index in [0.717, 1.165) is 11.3 Å². The van der Waals surface area contributed by atoms with E-state index in [9.17, 15) is 4.79 Å². The lowest BCUT2D eigenvalue weighted by molar-refractivity contribution is 0.0706. The Kier molecular flexibility index (Phi) is 4.26. The molecule has 0 aliphatic carbocycles. The Labute approximate surface area is 134 Å². The topological polar surface area (TPSA) is 61.4 Å². The van der Waals surface area contributed by atoms with Crippen LogP contribution in [0.4, 0.5) is 5.69 Å². The highest BCUT2D eigenvalue weighted by molar-refractivity contribution is 5.94. The van der Waals surface area contributed by atoms with Gasteiger partial charge in [-0.05, 0) is 47.0 Å². The molecule has 3 aromatic carbocycles. The minimum absolute atomic E-state index is 0.416. The molecule has 0 aliphatic rings. The number of hydrogen-bond acceptors (Lipinski definition) is 3. The maximum atomic E-state index is 11.5. The van der Waals surface area contributed by atoms with Crippen molar-refractivity contribution >= 4 is 22.4 Å². The van der Waals surface area contributed by atoms with Crippen molar-refractivity contribution in [2.45, 2.75) is 13.5 Å². The first-order valence-electron chi connectivity index (χ1n) is 7.44. The third kappa shape index (κ3) is 3.33. The van der Waals surface area contributed by atoms with E-state index >= 15 is 0 Å². The number of aryl methyl sites for hydroxylation is 1. The lowest BCUT2D eigenvalue weighted by atomic mass is 10.1. The first-order chi connectivity index (χ1) is 11.2. The van der Waals surface area contributed by atoms with Crippen LogP contribution in [-0.2, 0) is 6.54 Å². The number of amides is 1. The molecule has 0 aliphatic heterocycles. The molecule has 0 unspecified atom stereocenters. The highest BCUT2D eigenvalue weighted by Crippen LogP contribution is 2.20. The standard InChI is InChI=1S/C19H18N2O2/c1-13-6-8-17(19(22)21-23)11-18(13)20-12-14-7-9-15-4-2-3-5-16(15)10-14/h2-11,20,23H,12H2,1H3,(H,21,22). The highest BCUT2D eigenvalue weighted by atomic mass is 16.5. The van der Waals surface area contributed by atoms with E-state index in [1.165, 1.54) is 16.3 Å². The minimum atomic E-state index is -0.515. The SMILES string of the molecule is Cc1ccc(C(=O)NO)cc1NCc1ccc2ccccc2c1. The van der Waals surface area contributed by atoms with Crippen LogP contribution in [0.5, 0.6) is 0 Å². The van der Waals surface area contributed by atoms with Crippen molar-refractivity contribution in [1.82, 2.24) is 5.48 Å². The van der Waals surface area contributed by atoms with Gasteiger partial charge in [0.15, 0.2) is 0 Å². The van der Waals surface area contributed by atoms with E-state index in [2.05, 4.69) is 35.6 Å². The smallest absolute Gasteiger partial charge is 0.274 e. The van der Waals surface area contributed by atoms with Crippen LogP contribution in [0.3, 0.4) is 0 Å². The summed E-state index contributed by atoms with van der Waals surface area (Å²) in [6, 6.07) is 19.9. The third-order valence-corrected chi connectivity index (χ3v) is 3.90. The van der Waals surface area contributed by atoms with Crippen molar-refractivity contribution in [3.8, 4) is 0 Å². The van der Waals surface area contributed by atoms with Gasteiger partial charge in [0.1, 0.15) is 0 Å². The van der Waals surface area contributed by atoms with E-state index in [0.29, 0.717) is 12.1 Å². The third-order valence-electron chi connectivity index (χ3n) is 3.90. The quantitative estimate of drug-likeness (QED) is 0.506. The molecule has 3 aromatic rings. The monoisotopic (exact) mass is 306 g/mol. The molecule has 0 radical (unpaired) electrons. The Bertz CT molecular complexity index is 859. The number of hydroxylamine groups is 1. The van der Waals surface area contributed by atoms with Crippen molar-refractivity contribution in [2.75, 3.05) is 5.32 Å². The molecular formula is C19H18N2O2. The summed E-state index contributed by atoms with van der Waals surface area (Å²) in [4.78, 5) is 11.5. The van der Waals surface area contributed by atoms with Gasteiger partial charge in [-0.1, -0.05) is 42.5 Å². The van der Waals surface area contributed by atoms with Crippen molar-refractivity contribution in [3.63, 3.8) is 0 Å². The number of anilines is 1. The molecule has 0 saturated carbocycles. The van der Waals surface area contributed by atoms with Crippen LogP contribution in [0.25, 0.3) is 10.8 Å². The van der Waals surface area contributed by atoms with Crippen LogP contribution >= 0.6 is 0 Å². The number of benzene rings is 3. The average molecular weight is 306 g/mol. The Hall–Kier alpha value is -2.85. The zero-order chi connectivity index (χ0) is 16.2. The summed E-state index contributed by atoms with van der Waals surface area (Å²) in [5.74, 6) is -0.515. The molecule has 0 saturated heterocycles. The number of carbonyl (C=O) groups excluding carboxylic acids is 1. The van der Waals surface area contributed by atoms with Gasteiger partial charge >= 0.3 is 0 Å². The second kappa shape index (κ2) is 6.50. The molecule has 4 nitrogen and oxygen atoms in total. The van der Waals surface area contributed by atoms with Crippen LogP contribution < -0.4 is 10.8 Å². The largest absolute Gasteiger partial charge is 0.381 e. The maximum absolute atomic E-state index is 11.5. The number of hydrogen-bond donors (Lipinski definition) is 3. The lowest BCUT2D eigenvalue weighted by Gasteiger charge is -2.12. The molecule has 0 heterocycles. The number of fused-ring (bicyclic) bond motifs is 1. The summed E-state index contributed by atoms with van der Waals surface area (Å²) in [6.45, 7) is 2.64. The molecule has 116 valence electrons. The zero-order valence-electron chi connectivity index (χ0n) is 12.8. The normalized spacial score (nSPS) is 10.5. The van der Waals surface area contributed by atoms with Crippen LogP contribution in [-0.4, -0.2) is 11.1 Å². The van der Waals surface area contributed by atoms with Crippen molar-refractivity contribution in [2.24, 2.45) is 0 Å². The van der Waals surface area contributed by atoms with Gasteiger partial charge in [0, 0.05) is 17.8 Å². The van der Waals surface area contributed by atoms with Gasteiger partial charge in [-0.25, -0.2) is 5.48 Å². The minimum Gasteiger partial charge on any atom is -0.381 e. The number of carbonyl (C=O) groups is 1.